The fourth-order valence-electron chi connectivity index (χ4n) is 2.54. The van der Waals surface area contributed by atoms with Gasteiger partial charge in [0.25, 0.3) is 5.91 Å². The molecule has 0 aliphatic carbocycles. The molecule has 2 aromatic carbocycles. The van der Waals surface area contributed by atoms with Crippen molar-refractivity contribution >= 4 is 27.9 Å². The van der Waals surface area contributed by atoms with Gasteiger partial charge in [0.15, 0.2) is 6.61 Å². The van der Waals surface area contributed by atoms with Gasteiger partial charge in [0.05, 0.1) is 0 Å². The fraction of sp³-hybridized carbons (Fsp3) is 0.158. The number of hydrogen-bond acceptors (Lipinski definition) is 6. The molecule has 0 spiro atoms. The topological polar surface area (TPSA) is 81.4 Å². The second kappa shape index (κ2) is 7.55. The Hall–Kier alpha value is -3.26. The lowest BCUT2D eigenvalue weighted by molar-refractivity contribution is -0.118. The van der Waals surface area contributed by atoms with E-state index in [1.165, 1.54) is 16.9 Å². The molecule has 0 fully saturated rings. The number of carbonyl (C=O) groups excluding carboxylic acids is 1. The summed E-state index contributed by atoms with van der Waals surface area (Å²) in [5.74, 6) is 0.474. The van der Waals surface area contributed by atoms with Crippen molar-refractivity contribution < 1.29 is 9.53 Å². The maximum absolute atomic E-state index is 12.1. The van der Waals surface area contributed by atoms with Crippen LogP contribution in [0, 0.1) is 0 Å². The molecule has 1 N–H and O–H groups in total. The molecule has 0 saturated heterocycles. The Bertz CT molecular complexity index is 1030. The molecule has 0 atom stereocenters. The van der Waals surface area contributed by atoms with Gasteiger partial charge in [-0.1, -0.05) is 30.4 Å². The molecular formula is C19H17N5O2S. The monoisotopic (exact) mass is 379 g/mol. The van der Waals surface area contributed by atoms with Crippen LogP contribution in [0.1, 0.15) is 12.5 Å². The number of aromatic nitrogens is 4. The van der Waals surface area contributed by atoms with Gasteiger partial charge in [0.2, 0.25) is 4.96 Å². The van der Waals surface area contributed by atoms with Crippen LogP contribution < -0.4 is 10.1 Å². The Morgan fingerprint density at radius 3 is 2.63 bits per heavy atom. The number of amides is 1. The molecule has 8 heteroatoms. The van der Waals surface area contributed by atoms with Crippen LogP contribution in [-0.2, 0) is 11.2 Å². The zero-order chi connectivity index (χ0) is 18.6. The molecule has 4 rings (SSSR count). The SMILES string of the molecule is CCc1ccc(OCC(=O)Nc2ccc(-c3nn4cnnc4s3)cc2)cc1. The number of ether oxygens (including phenoxy) is 1. The van der Waals surface area contributed by atoms with Crippen molar-refractivity contribution in [3.8, 4) is 16.3 Å². The molecule has 0 aliphatic heterocycles. The van der Waals surface area contributed by atoms with E-state index >= 15 is 0 Å². The number of carbonyl (C=O) groups is 1. The highest BCUT2D eigenvalue weighted by Crippen LogP contribution is 2.25. The molecule has 2 aromatic heterocycles. The van der Waals surface area contributed by atoms with E-state index in [2.05, 4.69) is 27.5 Å². The molecule has 0 saturated carbocycles. The molecule has 27 heavy (non-hydrogen) atoms. The maximum Gasteiger partial charge on any atom is 0.262 e. The fourth-order valence-corrected chi connectivity index (χ4v) is 3.37. The zero-order valence-corrected chi connectivity index (χ0v) is 15.4. The van der Waals surface area contributed by atoms with Gasteiger partial charge in [-0.25, -0.2) is 0 Å². The summed E-state index contributed by atoms with van der Waals surface area (Å²) in [4.78, 5) is 12.8. The lowest BCUT2D eigenvalue weighted by Gasteiger charge is -2.08. The molecular weight excluding hydrogens is 362 g/mol. The van der Waals surface area contributed by atoms with E-state index in [0.717, 1.165) is 22.0 Å². The van der Waals surface area contributed by atoms with E-state index < -0.39 is 0 Å². The van der Waals surface area contributed by atoms with Crippen LogP contribution in [0.25, 0.3) is 15.5 Å². The lowest BCUT2D eigenvalue weighted by Crippen LogP contribution is -2.20. The van der Waals surface area contributed by atoms with E-state index in [9.17, 15) is 4.79 Å². The summed E-state index contributed by atoms with van der Waals surface area (Å²) in [5.41, 5.74) is 2.89. The number of aryl methyl sites for hydroxylation is 1. The normalized spacial score (nSPS) is 10.9. The third-order valence-electron chi connectivity index (χ3n) is 4.00. The first-order valence-corrected chi connectivity index (χ1v) is 9.32. The third-order valence-corrected chi connectivity index (χ3v) is 4.97. The van der Waals surface area contributed by atoms with Crippen LogP contribution in [0.15, 0.2) is 54.9 Å². The van der Waals surface area contributed by atoms with Crippen LogP contribution in [-0.4, -0.2) is 32.3 Å². The minimum Gasteiger partial charge on any atom is -0.484 e. The van der Waals surface area contributed by atoms with Crippen LogP contribution in [0.2, 0.25) is 0 Å². The molecule has 2 heterocycles. The number of fused-ring (bicyclic) bond motifs is 1. The van der Waals surface area contributed by atoms with Gasteiger partial charge in [0, 0.05) is 11.3 Å². The Kier molecular flexibility index (Phi) is 4.80. The summed E-state index contributed by atoms with van der Waals surface area (Å²) in [5, 5.41) is 15.8. The van der Waals surface area contributed by atoms with E-state index in [0.29, 0.717) is 11.4 Å². The number of benzene rings is 2. The summed E-state index contributed by atoms with van der Waals surface area (Å²) < 4.78 is 7.16. The van der Waals surface area contributed by atoms with Crippen molar-refractivity contribution in [3.05, 3.63) is 60.4 Å². The van der Waals surface area contributed by atoms with E-state index in [1.54, 1.807) is 10.8 Å². The van der Waals surface area contributed by atoms with E-state index in [4.69, 9.17) is 4.74 Å². The quantitative estimate of drug-likeness (QED) is 0.555. The number of hydrogen-bond donors (Lipinski definition) is 1. The van der Waals surface area contributed by atoms with E-state index in [-0.39, 0.29) is 12.5 Å². The van der Waals surface area contributed by atoms with Crippen LogP contribution in [0.3, 0.4) is 0 Å². The number of anilines is 1. The Labute approximate surface area is 159 Å². The van der Waals surface area contributed by atoms with Crippen LogP contribution in [0.4, 0.5) is 5.69 Å². The molecule has 0 bridgehead atoms. The molecule has 7 nitrogen and oxygen atoms in total. The standard InChI is InChI=1S/C19H17N5O2S/c1-2-13-3-9-16(10-4-13)26-11-17(25)21-15-7-5-14(6-8-15)18-23-24-12-20-22-19(24)27-18/h3-10,12H,2,11H2,1H3,(H,21,25). The predicted octanol–water partition coefficient (Wildman–Crippen LogP) is 3.43. The van der Waals surface area contributed by atoms with Crippen molar-refractivity contribution in [2.45, 2.75) is 13.3 Å². The van der Waals surface area contributed by atoms with Crippen molar-refractivity contribution in [2.75, 3.05) is 11.9 Å². The number of nitrogens with one attached hydrogen (secondary N) is 1. The summed E-state index contributed by atoms with van der Waals surface area (Å²) in [6.07, 6.45) is 2.54. The van der Waals surface area contributed by atoms with E-state index in [1.807, 2.05) is 48.5 Å². The second-order valence-electron chi connectivity index (χ2n) is 5.88. The lowest BCUT2D eigenvalue weighted by atomic mass is 10.2. The largest absolute Gasteiger partial charge is 0.484 e. The highest BCUT2D eigenvalue weighted by molar-refractivity contribution is 7.19. The second-order valence-corrected chi connectivity index (χ2v) is 6.83. The number of nitrogens with zero attached hydrogens (tertiary/aromatic N) is 4. The summed E-state index contributed by atoms with van der Waals surface area (Å²) >= 11 is 1.46. The van der Waals surface area contributed by atoms with Gasteiger partial charge in [-0.05, 0) is 48.4 Å². The highest BCUT2D eigenvalue weighted by Gasteiger charge is 2.09. The average molecular weight is 379 g/mol. The minimum absolute atomic E-state index is 0.0378. The summed E-state index contributed by atoms with van der Waals surface area (Å²) in [6.45, 7) is 2.06. The molecule has 0 unspecified atom stereocenters. The van der Waals surface area contributed by atoms with Crippen molar-refractivity contribution in [1.82, 2.24) is 19.8 Å². The highest BCUT2D eigenvalue weighted by atomic mass is 32.1. The average Bonchev–Trinajstić information content (AvgIpc) is 3.30. The van der Waals surface area contributed by atoms with Crippen LogP contribution in [0.5, 0.6) is 5.75 Å². The zero-order valence-electron chi connectivity index (χ0n) is 14.6. The smallest absolute Gasteiger partial charge is 0.262 e. The summed E-state index contributed by atoms with van der Waals surface area (Å²) in [7, 11) is 0. The van der Waals surface area contributed by atoms with Gasteiger partial charge in [-0.15, -0.1) is 10.2 Å². The summed E-state index contributed by atoms with van der Waals surface area (Å²) in [6, 6.07) is 15.2. The first kappa shape index (κ1) is 17.2. The molecule has 0 aliphatic rings. The van der Waals surface area contributed by atoms with Gasteiger partial charge < -0.3 is 10.1 Å². The van der Waals surface area contributed by atoms with Gasteiger partial charge >= 0.3 is 0 Å². The molecule has 0 radical (unpaired) electrons. The van der Waals surface area contributed by atoms with Gasteiger partial charge in [-0.2, -0.15) is 9.61 Å². The van der Waals surface area contributed by atoms with Crippen molar-refractivity contribution in [1.29, 1.82) is 0 Å². The molecule has 1 amide bonds. The van der Waals surface area contributed by atoms with Gasteiger partial charge in [0.1, 0.15) is 17.1 Å². The molecule has 4 aromatic rings. The van der Waals surface area contributed by atoms with Crippen molar-refractivity contribution in [3.63, 3.8) is 0 Å². The minimum atomic E-state index is -0.207. The van der Waals surface area contributed by atoms with Crippen LogP contribution >= 0.6 is 11.3 Å². The van der Waals surface area contributed by atoms with Crippen molar-refractivity contribution in [2.24, 2.45) is 0 Å². The first-order valence-electron chi connectivity index (χ1n) is 8.50. The maximum atomic E-state index is 12.1. The Morgan fingerprint density at radius 2 is 1.93 bits per heavy atom. The first-order chi connectivity index (χ1) is 13.2. The molecule has 136 valence electrons. The Morgan fingerprint density at radius 1 is 1.15 bits per heavy atom. The predicted molar refractivity (Wildman–Crippen MR) is 104 cm³/mol. The van der Waals surface area contributed by atoms with Gasteiger partial charge in [-0.3, -0.25) is 4.79 Å². The number of rotatable bonds is 6. The third kappa shape index (κ3) is 3.95. The Balaban J connectivity index is 1.34.